The van der Waals surface area contributed by atoms with Crippen LogP contribution in [0.1, 0.15) is 15.9 Å². The lowest BCUT2D eigenvalue weighted by molar-refractivity contribution is -0.128. The van der Waals surface area contributed by atoms with Gasteiger partial charge in [-0.2, -0.15) is 5.26 Å². The predicted octanol–water partition coefficient (Wildman–Crippen LogP) is 0.833. The van der Waals surface area contributed by atoms with E-state index in [9.17, 15) is 14.4 Å². The van der Waals surface area contributed by atoms with Gasteiger partial charge in [0.15, 0.2) is 0 Å². The zero-order valence-electron chi connectivity index (χ0n) is 13.0. The third kappa shape index (κ3) is 2.52. The minimum absolute atomic E-state index is 0.175. The second-order valence-corrected chi connectivity index (χ2v) is 5.67. The van der Waals surface area contributed by atoms with E-state index in [1.165, 1.54) is 11.0 Å². The van der Waals surface area contributed by atoms with Gasteiger partial charge in [0.25, 0.3) is 11.8 Å². The summed E-state index contributed by atoms with van der Waals surface area (Å²) in [6.45, 7) is 4.60. The summed E-state index contributed by atoms with van der Waals surface area (Å²) in [5, 5.41) is 8.81. The molecule has 7 nitrogen and oxygen atoms in total. The maximum atomic E-state index is 12.6. The highest BCUT2D eigenvalue weighted by atomic mass is 16.2. The summed E-state index contributed by atoms with van der Waals surface area (Å²) >= 11 is 0. The van der Waals surface area contributed by atoms with Crippen molar-refractivity contribution in [3.63, 3.8) is 0 Å². The van der Waals surface area contributed by atoms with E-state index in [4.69, 9.17) is 5.26 Å². The molecule has 4 amide bonds. The number of urea groups is 1. The number of imide groups is 1. The number of carbonyl (C=O) groups excluding carboxylic acids is 3. The van der Waals surface area contributed by atoms with Gasteiger partial charge in [-0.05, 0) is 24.3 Å². The molecule has 0 aliphatic carbocycles. The molecule has 0 bridgehead atoms. The van der Waals surface area contributed by atoms with Gasteiger partial charge in [0.1, 0.15) is 6.04 Å². The Morgan fingerprint density at radius 3 is 2.62 bits per heavy atom. The van der Waals surface area contributed by atoms with Crippen LogP contribution in [0.4, 0.5) is 4.79 Å². The van der Waals surface area contributed by atoms with Crippen molar-refractivity contribution >= 4 is 17.8 Å². The van der Waals surface area contributed by atoms with Crippen LogP contribution in [0, 0.1) is 11.3 Å². The van der Waals surface area contributed by atoms with Crippen LogP contribution >= 0.6 is 0 Å². The standard InChI is InChI=1S/C17H16N4O3/c1-2-7-21-16(23)14-11-19(8-9-20(14)17(21)24)15(22)13-5-3-12(10-18)4-6-13/h2-6,14H,1,7-9,11H2. The lowest BCUT2D eigenvalue weighted by atomic mass is 10.1. The molecule has 24 heavy (non-hydrogen) atoms. The number of nitriles is 1. The van der Waals surface area contributed by atoms with E-state index in [0.29, 0.717) is 24.2 Å². The van der Waals surface area contributed by atoms with Crippen molar-refractivity contribution in [1.29, 1.82) is 5.26 Å². The third-order valence-electron chi connectivity index (χ3n) is 4.27. The summed E-state index contributed by atoms with van der Waals surface area (Å²) in [7, 11) is 0. The molecule has 1 atom stereocenters. The van der Waals surface area contributed by atoms with Crippen LogP contribution < -0.4 is 0 Å². The molecule has 2 fully saturated rings. The Bertz CT molecular complexity index is 750. The fourth-order valence-corrected chi connectivity index (χ4v) is 3.00. The van der Waals surface area contributed by atoms with Crippen LogP contribution in [0.5, 0.6) is 0 Å². The number of rotatable bonds is 3. The van der Waals surface area contributed by atoms with E-state index in [-0.39, 0.29) is 30.9 Å². The lowest BCUT2D eigenvalue weighted by Crippen LogP contribution is -2.54. The monoisotopic (exact) mass is 324 g/mol. The quantitative estimate of drug-likeness (QED) is 0.609. The zero-order chi connectivity index (χ0) is 17.3. The maximum absolute atomic E-state index is 12.6. The minimum Gasteiger partial charge on any atom is -0.334 e. The molecule has 1 aromatic carbocycles. The summed E-state index contributed by atoms with van der Waals surface area (Å²) in [5.41, 5.74) is 0.940. The predicted molar refractivity (Wildman–Crippen MR) is 84.9 cm³/mol. The van der Waals surface area contributed by atoms with Crippen molar-refractivity contribution in [2.24, 2.45) is 0 Å². The molecule has 1 unspecified atom stereocenters. The highest BCUT2D eigenvalue weighted by Gasteiger charge is 2.47. The lowest BCUT2D eigenvalue weighted by Gasteiger charge is -2.35. The molecule has 7 heteroatoms. The van der Waals surface area contributed by atoms with Crippen molar-refractivity contribution in [2.45, 2.75) is 6.04 Å². The molecule has 2 aliphatic heterocycles. The number of benzene rings is 1. The summed E-state index contributed by atoms with van der Waals surface area (Å²) in [6.07, 6.45) is 1.51. The van der Waals surface area contributed by atoms with Crippen molar-refractivity contribution in [3.05, 3.63) is 48.0 Å². The first-order chi connectivity index (χ1) is 11.6. The number of nitrogens with zero attached hydrogens (tertiary/aromatic N) is 4. The smallest absolute Gasteiger partial charge is 0.327 e. The summed E-state index contributed by atoms with van der Waals surface area (Å²) in [4.78, 5) is 41.4. The number of fused-ring (bicyclic) bond motifs is 1. The largest absolute Gasteiger partial charge is 0.334 e. The molecule has 2 saturated heterocycles. The van der Waals surface area contributed by atoms with Gasteiger partial charge in [0.05, 0.1) is 18.2 Å². The first kappa shape index (κ1) is 15.7. The zero-order valence-corrected chi connectivity index (χ0v) is 13.0. The number of hydrogen-bond acceptors (Lipinski definition) is 4. The van der Waals surface area contributed by atoms with Crippen LogP contribution in [-0.2, 0) is 4.79 Å². The van der Waals surface area contributed by atoms with Crippen LogP contribution in [0.15, 0.2) is 36.9 Å². The van der Waals surface area contributed by atoms with Crippen LogP contribution in [-0.4, -0.2) is 64.8 Å². The number of hydrogen-bond donors (Lipinski definition) is 0. The molecule has 0 saturated carbocycles. The van der Waals surface area contributed by atoms with Gasteiger partial charge >= 0.3 is 6.03 Å². The van der Waals surface area contributed by atoms with Crippen molar-refractivity contribution in [2.75, 3.05) is 26.2 Å². The fourth-order valence-electron chi connectivity index (χ4n) is 3.00. The Kier molecular flexibility index (Phi) is 4.04. The van der Waals surface area contributed by atoms with Gasteiger partial charge in [-0.15, -0.1) is 6.58 Å². The van der Waals surface area contributed by atoms with Crippen LogP contribution in [0.2, 0.25) is 0 Å². The van der Waals surface area contributed by atoms with Gasteiger partial charge in [0, 0.05) is 25.2 Å². The van der Waals surface area contributed by atoms with Gasteiger partial charge in [0.2, 0.25) is 0 Å². The second kappa shape index (κ2) is 6.16. The Morgan fingerprint density at radius 1 is 1.29 bits per heavy atom. The molecule has 3 rings (SSSR count). The van der Waals surface area contributed by atoms with E-state index in [2.05, 4.69) is 6.58 Å². The van der Waals surface area contributed by atoms with E-state index >= 15 is 0 Å². The SMILES string of the molecule is C=CCN1C(=O)C2CN(C(=O)c3ccc(C#N)cc3)CCN2C1=O. The van der Waals surface area contributed by atoms with Crippen molar-refractivity contribution in [1.82, 2.24) is 14.7 Å². The first-order valence-electron chi connectivity index (χ1n) is 7.59. The third-order valence-corrected chi connectivity index (χ3v) is 4.27. The maximum Gasteiger partial charge on any atom is 0.327 e. The number of piperazine rings is 1. The van der Waals surface area contributed by atoms with E-state index < -0.39 is 6.04 Å². The molecule has 122 valence electrons. The van der Waals surface area contributed by atoms with E-state index in [0.717, 1.165) is 4.90 Å². The van der Waals surface area contributed by atoms with Gasteiger partial charge < -0.3 is 9.80 Å². The molecular weight excluding hydrogens is 308 g/mol. The van der Waals surface area contributed by atoms with Crippen LogP contribution in [0.3, 0.4) is 0 Å². The van der Waals surface area contributed by atoms with Crippen molar-refractivity contribution < 1.29 is 14.4 Å². The molecule has 2 heterocycles. The molecule has 0 spiro atoms. The average Bonchev–Trinajstić information content (AvgIpc) is 2.86. The molecule has 0 aromatic heterocycles. The van der Waals surface area contributed by atoms with E-state index in [1.807, 2.05) is 6.07 Å². The Balaban J connectivity index is 1.75. The molecule has 0 N–H and O–H groups in total. The molecule has 0 radical (unpaired) electrons. The first-order valence-corrected chi connectivity index (χ1v) is 7.59. The van der Waals surface area contributed by atoms with Gasteiger partial charge in [-0.3, -0.25) is 14.5 Å². The normalized spacial score (nSPS) is 20.0. The average molecular weight is 324 g/mol. The number of amides is 4. The van der Waals surface area contributed by atoms with Gasteiger partial charge in [-0.25, -0.2) is 4.79 Å². The summed E-state index contributed by atoms with van der Waals surface area (Å²) in [5.74, 6) is -0.501. The Hall–Kier alpha value is -3.14. The highest BCUT2D eigenvalue weighted by molar-refractivity contribution is 6.05. The summed E-state index contributed by atoms with van der Waals surface area (Å²) in [6, 6.07) is 7.41. The summed E-state index contributed by atoms with van der Waals surface area (Å²) < 4.78 is 0. The topological polar surface area (TPSA) is 84.7 Å². The Morgan fingerprint density at radius 2 is 2.00 bits per heavy atom. The molecule has 1 aromatic rings. The Labute approximate surface area is 139 Å². The molecular formula is C17H16N4O3. The highest BCUT2D eigenvalue weighted by Crippen LogP contribution is 2.23. The molecule has 2 aliphatic rings. The van der Waals surface area contributed by atoms with Crippen molar-refractivity contribution in [3.8, 4) is 6.07 Å². The second-order valence-electron chi connectivity index (χ2n) is 5.67. The van der Waals surface area contributed by atoms with E-state index in [1.54, 1.807) is 29.2 Å². The van der Waals surface area contributed by atoms with Crippen LogP contribution in [0.25, 0.3) is 0 Å². The minimum atomic E-state index is -0.631. The van der Waals surface area contributed by atoms with Gasteiger partial charge in [-0.1, -0.05) is 6.08 Å². The number of carbonyl (C=O) groups is 3. The fraction of sp³-hybridized carbons (Fsp3) is 0.294.